The highest BCUT2D eigenvalue weighted by atomic mass is 35.5. The highest BCUT2D eigenvalue weighted by molar-refractivity contribution is 6.20. The first-order valence-corrected chi connectivity index (χ1v) is 7.28. The van der Waals surface area contributed by atoms with Gasteiger partial charge in [-0.1, -0.05) is 6.92 Å². The molecule has 2 nitrogen and oxygen atoms in total. The Kier molecular flexibility index (Phi) is 4.93. The smallest absolute Gasteiger partial charge is 0.0386 e. The van der Waals surface area contributed by atoms with E-state index in [0.717, 1.165) is 0 Å². The zero-order chi connectivity index (χ0) is 11.4. The second kappa shape index (κ2) is 6.23. The van der Waals surface area contributed by atoms with Gasteiger partial charge >= 0.3 is 0 Å². The van der Waals surface area contributed by atoms with Gasteiger partial charge in [0.05, 0.1) is 0 Å². The lowest BCUT2D eigenvalue weighted by Crippen LogP contribution is -2.41. The fraction of sp³-hybridized carbons (Fsp3) is 1.00. The van der Waals surface area contributed by atoms with Crippen molar-refractivity contribution in [2.24, 2.45) is 5.92 Å². The van der Waals surface area contributed by atoms with Crippen LogP contribution in [0.2, 0.25) is 0 Å². The van der Waals surface area contributed by atoms with Gasteiger partial charge in [0.15, 0.2) is 0 Å². The van der Waals surface area contributed by atoms with Gasteiger partial charge < -0.3 is 9.80 Å². The molecule has 2 heterocycles. The van der Waals surface area contributed by atoms with Gasteiger partial charge in [-0.2, -0.15) is 0 Å². The second-order valence-electron chi connectivity index (χ2n) is 5.48. The Labute approximate surface area is 105 Å². The van der Waals surface area contributed by atoms with Gasteiger partial charge in [-0.3, -0.25) is 0 Å². The van der Waals surface area contributed by atoms with Crippen molar-refractivity contribution in [1.82, 2.24) is 9.80 Å². The number of hydrogen-bond donors (Lipinski definition) is 0. The molecule has 0 aromatic carbocycles. The molecule has 0 aromatic rings. The monoisotopic (exact) mass is 244 g/mol. The summed E-state index contributed by atoms with van der Waals surface area (Å²) in [6, 6.07) is 0. The van der Waals surface area contributed by atoms with E-state index >= 15 is 0 Å². The zero-order valence-electron chi connectivity index (χ0n) is 10.5. The maximum Gasteiger partial charge on any atom is 0.0386 e. The molecule has 3 heteroatoms. The molecule has 0 amide bonds. The maximum absolute atomic E-state index is 6.24. The minimum atomic E-state index is 0.412. The van der Waals surface area contributed by atoms with Crippen LogP contribution in [0.3, 0.4) is 0 Å². The average Bonchev–Trinajstić information content (AvgIpc) is 2.76. The summed E-state index contributed by atoms with van der Waals surface area (Å²) >= 11 is 6.24. The number of rotatable bonds is 4. The third kappa shape index (κ3) is 3.61. The summed E-state index contributed by atoms with van der Waals surface area (Å²) in [4.78, 5) is 5.21. The second-order valence-corrected chi connectivity index (χ2v) is 6.05. The Hall–Kier alpha value is 0.210. The van der Waals surface area contributed by atoms with Gasteiger partial charge in [0, 0.05) is 11.9 Å². The van der Waals surface area contributed by atoms with E-state index in [-0.39, 0.29) is 0 Å². The number of nitrogens with zero attached hydrogens (tertiary/aromatic N) is 2. The molecular formula is C13H25ClN2. The molecule has 0 aliphatic carbocycles. The molecule has 0 aromatic heterocycles. The minimum Gasteiger partial charge on any atom is -0.303 e. The molecule has 94 valence electrons. The first kappa shape index (κ1) is 12.7. The molecule has 0 spiro atoms. The Morgan fingerprint density at radius 1 is 1.06 bits per heavy atom. The van der Waals surface area contributed by atoms with Crippen LogP contribution in [0.25, 0.3) is 0 Å². The van der Waals surface area contributed by atoms with Gasteiger partial charge in [-0.25, -0.2) is 0 Å². The summed E-state index contributed by atoms with van der Waals surface area (Å²) in [5, 5.41) is 0.412. The van der Waals surface area contributed by atoms with Gasteiger partial charge in [0.25, 0.3) is 0 Å². The third-order valence-electron chi connectivity index (χ3n) is 4.03. The van der Waals surface area contributed by atoms with Crippen molar-refractivity contribution in [3.8, 4) is 0 Å². The van der Waals surface area contributed by atoms with Gasteiger partial charge in [-0.15, -0.1) is 11.6 Å². The number of hydrogen-bond acceptors (Lipinski definition) is 2. The van der Waals surface area contributed by atoms with Crippen molar-refractivity contribution >= 4 is 11.6 Å². The van der Waals surface area contributed by atoms with Gasteiger partial charge in [-0.05, 0) is 64.3 Å². The molecule has 0 N–H and O–H groups in total. The molecule has 2 aliphatic rings. The van der Waals surface area contributed by atoms with E-state index in [0.29, 0.717) is 11.3 Å². The van der Waals surface area contributed by atoms with Crippen LogP contribution in [-0.2, 0) is 0 Å². The largest absolute Gasteiger partial charge is 0.303 e. The van der Waals surface area contributed by atoms with E-state index in [9.17, 15) is 0 Å². The lowest BCUT2D eigenvalue weighted by atomic mass is 9.99. The molecule has 2 atom stereocenters. The van der Waals surface area contributed by atoms with Crippen LogP contribution in [0.5, 0.6) is 0 Å². The van der Waals surface area contributed by atoms with Crippen LogP contribution in [-0.4, -0.2) is 54.4 Å². The zero-order valence-corrected chi connectivity index (χ0v) is 11.3. The van der Waals surface area contributed by atoms with Crippen molar-refractivity contribution in [2.45, 2.75) is 38.0 Å². The van der Waals surface area contributed by atoms with Gasteiger partial charge in [0.2, 0.25) is 0 Å². The predicted octanol–water partition coefficient (Wildman–Crippen LogP) is 2.42. The van der Waals surface area contributed by atoms with Crippen molar-refractivity contribution in [2.75, 3.05) is 39.3 Å². The molecule has 0 saturated carbocycles. The minimum absolute atomic E-state index is 0.412. The van der Waals surface area contributed by atoms with Gasteiger partial charge in [0.1, 0.15) is 0 Å². The topological polar surface area (TPSA) is 6.48 Å². The molecule has 2 saturated heterocycles. The summed E-state index contributed by atoms with van der Waals surface area (Å²) in [6.07, 6.45) is 5.33. The summed E-state index contributed by atoms with van der Waals surface area (Å²) in [7, 11) is 0. The van der Waals surface area contributed by atoms with Crippen molar-refractivity contribution in [3.63, 3.8) is 0 Å². The molecule has 2 rings (SSSR count). The highest BCUT2D eigenvalue weighted by Crippen LogP contribution is 2.21. The number of likely N-dealkylation sites (tertiary alicyclic amines) is 2. The summed E-state index contributed by atoms with van der Waals surface area (Å²) in [5.74, 6) is 0.669. The lowest BCUT2D eigenvalue weighted by Gasteiger charge is -2.34. The standard InChI is InChI=1S/C13H25ClN2/c1-12-11-16(10-5-13(12)14)9-4-8-15-6-2-3-7-15/h12-13H,2-11H2,1H3. The Morgan fingerprint density at radius 3 is 2.44 bits per heavy atom. The number of alkyl halides is 1. The van der Waals surface area contributed by atoms with Crippen LogP contribution in [0.4, 0.5) is 0 Å². The third-order valence-corrected chi connectivity index (χ3v) is 4.68. The SMILES string of the molecule is CC1CN(CCCN2CCCC2)CCC1Cl. The van der Waals surface area contributed by atoms with Crippen LogP contribution in [0.1, 0.15) is 32.6 Å². The Bertz CT molecular complexity index is 204. The van der Waals surface area contributed by atoms with Crippen LogP contribution < -0.4 is 0 Å². The van der Waals surface area contributed by atoms with E-state index in [1.54, 1.807) is 0 Å². The molecule has 0 radical (unpaired) electrons. The number of halogens is 1. The van der Waals surface area contributed by atoms with Crippen molar-refractivity contribution in [3.05, 3.63) is 0 Å². The van der Waals surface area contributed by atoms with Crippen molar-refractivity contribution in [1.29, 1.82) is 0 Å². The Morgan fingerprint density at radius 2 is 1.75 bits per heavy atom. The van der Waals surface area contributed by atoms with E-state index in [4.69, 9.17) is 11.6 Å². The normalized spacial score (nSPS) is 33.4. The van der Waals surface area contributed by atoms with Crippen LogP contribution in [0.15, 0.2) is 0 Å². The van der Waals surface area contributed by atoms with Crippen LogP contribution in [0, 0.1) is 5.92 Å². The highest BCUT2D eigenvalue weighted by Gasteiger charge is 2.23. The fourth-order valence-corrected chi connectivity index (χ4v) is 3.11. The molecule has 2 aliphatic heterocycles. The maximum atomic E-state index is 6.24. The molecule has 2 unspecified atom stereocenters. The first-order valence-electron chi connectivity index (χ1n) is 6.84. The Balaban J connectivity index is 1.59. The molecule has 0 bridgehead atoms. The van der Waals surface area contributed by atoms with E-state index < -0.39 is 0 Å². The first-order chi connectivity index (χ1) is 7.75. The summed E-state index contributed by atoms with van der Waals surface area (Å²) < 4.78 is 0. The van der Waals surface area contributed by atoms with E-state index in [1.165, 1.54) is 65.0 Å². The predicted molar refractivity (Wildman–Crippen MR) is 70.2 cm³/mol. The number of piperidine rings is 1. The van der Waals surface area contributed by atoms with E-state index in [1.807, 2.05) is 0 Å². The van der Waals surface area contributed by atoms with Crippen molar-refractivity contribution < 1.29 is 0 Å². The summed E-state index contributed by atoms with van der Waals surface area (Å²) in [5.41, 5.74) is 0. The molecular weight excluding hydrogens is 220 g/mol. The molecule has 2 fully saturated rings. The lowest BCUT2D eigenvalue weighted by molar-refractivity contribution is 0.177. The fourth-order valence-electron chi connectivity index (χ4n) is 2.93. The van der Waals surface area contributed by atoms with E-state index in [2.05, 4.69) is 16.7 Å². The average molecular weight is 245 g/mol. The summed E-state index contributed by atoms with van der Waals surface area (Å²) in [6.45, 7) is 9.93. The molecule has 16 heavy (non-hydrogen) atoms. The quantitative estimate of drug-likeness (QED) is 0.701. The van der Waals surface area contributed by atoms with Crippen LogP contribution >= 0.6 is 11.6 Å².